The van der Waals surface area contributed by atoms with Crippen LogP contribution in [0.1, 0.15) is 19.7 Å². The first-order chi connectivity index (χ1) is 9.10. The summed E-state index contributed by atoms with van der Waals surface area (Å²) in [5, 5.41) is 4.49. The van der Waals surface area contributed by atoms with Crippen LogP contribution in [0.4, 0.5) is 5.69 Å². The number of hydrogen-bond donors (Lipinski definition) is 1. The number of anilines is 1. The maximum atomic E-state index is 5.92. The predicted octanol–water partition coefficient (Wildman–Crippen LogP) is 2.97. The predicted molar refractivity (Wildman–Crippen MR) is 77.1 cm³/mol. The summed E-state index contributed by atoms with van der Waals surface area (Å²) in [6.07, 6.45) is 0. The molecule has 0 bridgehead atoms. The van der Waals surface area contributed by atoms with Crippen LogP contribution in [0.2, 0.25) is 0 Å². The Morgan fingerprint density at radius 1 is 1.42 bits per heavy atom. The van der Waals surface area contributed by atoms with E-state index >= 15 is 0 Å². The Balaban J connectivity index is 2.22. The second kappa shape index (κ2) is 5.97. The number of rotatable bonds is 5. The van der Waals surface area contributed by atoms with Crippen LogP contribution in [-0.2, 0) is 5.75 Å². The summed E-state index contributed by atoms with van der Waals surface area (Å²) in [5.74, 6) is 2.54. The topological polar surface area (TPSA) is 74.2 Å². The van der Waals surface area contributed by atoms with Gasteiger partial charge >= 0.3 is 0 Å². The van der Waals surface area contributed by atoms with Crippen molar-refractivity contribution in [2.45, 2.75) is 24.9 Å². The fraction of sp³-hybridized carbons (Fsp3) is 0.385. The molecule has 0 fully saturated rings. The van der Waals surface area contributed by atoms with Gasteiger partial charge in [0.15, 0.2) is 5.82 Å². The van der Waals surface area contributed by atoms with E-state index in [9.17, 15) is 0 Å². The molecule has 0 saturated heterocycles. The van der Waals surface area contributed by atoms with E-state index in [1.54, 1.807) is 37.1 Å². The maximum absolute atomic E-state index is 5.92. The van der Waals surface area contributed by atoms with Crippen LogP contribution in [0.25, 0.3) is 11.5 Å². The molecule has 1 aromatic heterocycles. The van der Waals surface area contributed by atoms with Gasteiger partial charge in [-0.05, 0) is 23.4 Å². The normalized spacial score (nSPS) is 10.9. The third-order valence-electron chi connectivity index (χ3n) is 2.50. The molecule has 0 aliphatic rings. The molecule has 0 amide bonds. The van der Waals surface area contributed by atoms with Crippen LogP contribution in [-0.4, -0.2) is 22.5 Å². The van der Waals surface area contributed by atoms with Crippen molar-refractivity contribution < 1.29 is 9.26 Å². The van der Waals surface area contributed by atoms with E-state index in [-0.39, 0.29) is 0 Å². The van der Waals surface area contributed by atoms with Gasteiger partial charge in [-0.2, -0.15) is 16.7 Å². The Hall–Kier alpha value is -1.69. The highest BCUT2D eigenvalue weighted by Gasteiger charge is 2.13. The molecule has 2 N–H and O–H groups in total. The van der Waals surface area contributed by atoms with Crippen molar-refractivity contribution in [2.24, 2.45) is 0 Å². The van der Waals surface area contributed by atoms with Gasteiger partial charge in [-0.3, -0.25) is 0 Å². The summed E-state index contributed by atoms with van der Waals surface area (Å²) in [7, 11) is 1.60. The summed E-state index contributed by atoms with van der Waals surface area (Å²) in [5.41, 5.74) is 7.21. The Kier molecular flexibility index (Phi) is 4.31. The van der Waals surface area contributed by atoms with Crippen LogP contribution in [0.15, 0.2) is 22.7 Å². The molecular formula is C13H17N3O2S. The quantitative estimate of drug-likeness (QED) is 0.848. The Bertz CT molecular complexity index is 555. The molecule has 102 valence electrons. The molecular weight excluding hydrogens is 262 g/mol. The van der Waals surface area contributed by atoms with E-state index in [1.807, 2.05) is 0 Å². The molecule has 0 saturated carbocycles. The van der Waals surface area contributed by atoms with Crippen LogP contribution >= 0.6 is 11.8 Å². The molecule has 0 spiro atoms. The van der Waals surface area contributed by atoms with Gasteiger partial charge in [0.05, 0.1) is 18.4 Å². The van der Waals surface area contributed by atoms with E-state index in [0.29, 0.717) is 34.0 Å². The van der Waals surface area contributed by atoms with Gasteiger partial charge in [0.2, 0.25) is 0 Å². The Morgan fingerprint density at radius 2 is 2.21 bits per heavy atom. The smallest absolute Gasteiger partial charge is 0.260 e. The number of nitrogens with zero attached hydrogens (tertiary/aromatic N) is 2. The van der Waals surface area contributed by atoms with Crippen molar-refractivity contribution in [3.8, 4) is 17.2 Å². The van der Waals surface area contributed by atoms with E-state index in [4.69, 9.17) is 15.0 Å². The molecule has 0 aliphatic carbocycles. The fourth-order valence-corrected chi connectivity index (χ4v) is 2.11. The molecule has 1 aromatic carbocycles. The number of hydrogen-bond acceptors (Lipinski definition) is 6. The zero-order valence-corrected chi connectivity index (χ0v) is 12.0. The van der Waals surface area contributed by atoms with Gasteiger partial charge in [0.1, 0.15) is 5.75 Å². The zero-order valence-electron chi connectivity index (χ0n) is 11.2. The minimum atomic E-state index is 0.427. The van der Waals surface area contributed by atoms with Crippen LogP contribution in [0, 0.1) is 0 Å². The number of benzene rings is 1. The molecule has 2 aromatic rings. The highest BCUT2D eigenvalue weighted by molar-refractivity contribution is 7.99. The van der Waals surface area contributed by atoms with E-state index in [0.717, 1.165) is 5.75 Å². The number of ether oxygens (including phenoxy) is 1. The zero-order chi connectivity index (χ0) is 13.8. The standard InChI is InChI=1S/C13H17N3O2S/c1-8(2)19-7-12-15-13(18-16-12)10-6-9(17-3)4-5-11(10)14/h4-6,8H,7,14H2,1-3H3. The van der Waals surface area contributed by atoms with Gasteiger partial charge in [0, 0.05) is 5.69 Å². The van der Waals surface area contributed by atoms with Gasteiger partial charge in [0.25, 0.3) is 5.89 Å². The lowest BCUT2D eigenvalue weighted by Crippen LogP contribution is -1.93. The molecule has 19 heavy (non-hydrogen) atoms. The second-order valence-electron chi connectivity index (χ2n) is 4.33. The summed E-state index contributed by atoms with van der Waals surface area (Å²) < 4.78 is 10.4. The third kappa shape index (κ3) is 3.41. The second-order valence-corrected chi connectivity index (χ2v) is 5.89. The lowest BCUT2D eigenvalue weighted by atomic mass is 10.1. The minimum absolute atomic E-state index is 0.427. The van der Waals surface area contributed by atoms with Gasteiger partial charge in [-0.15, -0.1) is 0 Å². The number of methoxy groups -OCH3 is 1. The monoisotopic (exact) mass is 279 g/mol. The van der Waals surface area contributed by atoms with E-state index in [1.165, 1.54) is 0 Å². The van der Waals surface area contributed by atoms with Crippen LogP contribution in [0.5, 0.6) is 5.75 Å². The van der Waals surface area contributed by atoms with E-state index < -0.39 is 0 Å². The Morgan fingerprint density at radius 3 is 2.89 bits per heavy atom. The number of nitrogens with two attached hydrogens (primary N) is 1. The summed E-state index contributed by atoms with van der Waals surface area (Å²) >= 11 is 1.76. The van der Waals surface area contributed by atoms with Crippen molar-refractivity contribution in [3.05, 3.63) is 24.0 Å². The number of aromatic nitrogens is 2. The summed E-state index contributed by atoms with van der Waals surface area (Å²) in [4.78, 5) is 4.35. The molecule has 0 aliphatic heterocycles. The third-order valence-corrected chi connectivity index (χ3v) is 3.60. The summed E-state index contributed by atoms with van der Waals surface area (Å²) in [6.45, 7) is 4.26. The molecule has 2 rings (SSSR count). The van der Waals surface area contributed by atoms with Crippen molar-refractivity contribution in [1.82, 2.24) is 10.1 Å². The number of nitrogen functional groups attached to an aromatic ring is 1. The SMILES string of the molecule is COc1ccc(N)c(-c2nc(CSC(C)C)no2)c1. The van der Waals surface area contributed by atoms with E-state index in [2.05, 4.69) is 24.0 Å². The maximum Gasteiger partial charge on any atom is 0.260 e. The van der Waals surface area contributed by atoms with Gasteiger partial charge in [-0.25, -0.2) is 0 Å². The van der Waals surface area contributed by atoms with Gasteiger partial charge in [-0.1, -0.05) is 19.0 Å². The molecule has 6 heteroatoms. The molecule has 1 heterocycles. The largest absolute Gasteiger partial charge is 0.497 e. The molecule has 0 atom stereocenters. The lowest BCUT2D eigenvalue weighted by Gasteiger charge is -2.04. The number of thioether (sulfide) groups is 1. The van der Waals surface area contributed by atoms with Crippen molar-refractivity contribution in [3.63, 3.8) is 0 Å². The average Bonchev–Trinajstić information content (AvgIpc) is 2.85. The minimum Gasteiger partial charge on any atom is -0.497 e. The van der Waals surface area contributed by atoms with Crippen molar-refractivity contribution >= 4 is 17.4 Å². The average molecular weight is 279 g/mol. The van der Waals surface area contributed by atoms with Crippen LogP contribution < -0.4 is 10.5 Å². The first-order valence-corrected chi connectivity index (χ1v) is 7.03. The highest BCUT2D eigenvalue weighted by atomic mass is 32.2. The molecule has 0 radical (unpaired) electrons. The fourth-order valence-electron chi connectivity index (χ4n) is 1.51. The molecule has 5 nitrogen and oxygen atoms in total. The molecule has 0 unspecified atom stereocenters. The first kappa shape index (κ1) is 13.7. The van der Waals surface area contributed by atoms with Crippen molar-refractivity contribution in [1.29, 1.82) is 0 Å². The lowest BCUT2D eigenvalue weighted by molar-refractivity contribution is 0.412. The van der Waals surface area contributed by atoms with Crippen molar-refractivity contribution in [2.75, 3.05) is 12.8 Å². The van der Waals surface area contributed by atoms with Gasteiger partial charge < -0.3 is 15.0 Å². The Labute approximate surface area is 116 Å². The summed E-state index contributed by atoms with van der Waals surface area (Å²) in [6, 6.07) is 5.36. The first-order valence-electron chi connectivity index (χ1n) is 5.98. The van der Waals surface area contributed by atoms with Crippen LogP contribution in [0.3, 0.4) is 0 Å². The highest BCUT2D eigenvalue weighted by Crippen LogP contribution is 2.29.